The Morgan fingerprint density at radius 3 is 2.71 bits per heavy atom. The molecule has 0 saturated heterocycles. The van der Waals surface area contributed by atoms with Crippen LogP contribution in [0.3, 0.4) is 0 Å². The Labute approximate surface area is 84.8 Å². The van der Waals surface area contributed by atoms with Crippen LogP contribution < -0.4 is 0 Å². The number of carbonyl (C=O) groups excluding carboxylic acids is 1. The molecule has 0 fully saturated rings. The summed E-state index contributed by atoms with van der Waals surface area (Å²) in [5.74, 6) is 0. The predicted molar refractivity (Wildman–Crippen MR) is 56.2 cm³/mol. The van der Waals surface area contributed by atoms with Gasteiger partial charge in [0.15, 0.2) is 6.29 Å². The van der Waals surface area contributed by atoms with Crippen LogP contribution in [0.4, 0.5) is 0 Å². The van der Waals surface area contributed by atoms with Crippen molar-refractivity contribution >= 4 is 6.29 Å². The smallest absolute Gasteiger partial charge is 0.168 e. The normalized spacial score (nSPS) is 10.5. The second-order valence-corrected chi connectivity index (χ2v) is 3.13. The Morgan fingerprint density at radius 1 is 1.43 bits per heavy atom. The van der Waals surface area contributed by atoms with Gasteiger partial charge in [-0.1, -0.05) is 19.9 Å². The molecule has 1 aromatic rings. The minimum Gasteiger partial charge on any atom is -0.300 e. The molecule has 0 aliphatic carbocycles. The van der Waals surface area contributed by atoms with Gasteiger partial charge in [0, 0.05) is 12.7 Å². The summed E-state index contributed by atoms with van der Waals surface area (Å²) < 4.78 is 0. The zero-order valence-electron chi connectivity index (χ0n) is 8.73. The van der Waals surface area contributed by atoms with Crippen LogP contribution in [0.15, 0.2) is 18.3 Å². The highest BCUT2D eigenvalue weighted by Gasteiger charge is 2.05. The van der Waals surface area contributed by atoms with Gasteiger partial charge in [0.2, 0.25) is 0 Å². The first kappa shape index (κ1) is 10.9. The van der Waals surface area contributed by atoms with Crippen molar-refractivity contribution in [1.29, 1.82) is 0 Å². The molecule has 0 radical (unpaired) electrons. The molecule has 1 aromatic heterocycles. The zero-order chi connectivity index (χ0) is 10.4. The number of aldehydes is 1. The molecule has 0 spiro atoms. The van der Waals surface area contributed by atoms with Gasteiger partial charge in [-0.2, -0.15) is 0 Å². The molecular weight excluding hydrogens is 176 g/mol. The molecule has 0 aromatic carbocycles. The van der Waals surface area contributed by atoms with Gasteiger partial charge in [0.05, 0.1) is 0 Å². The molecule has 0 N–H and O–H groups in total. The van der Waals surface area contributed by atoms with Crippen LogP contribution in [0.25, 0.3) is 0 Å². The van der Waals surface area contributed by atoms with E-state index in [-0.39, 0.29) is 0 Å². The third kappa shape index (κ3) is 2.64. The van der Waals surface area contributed by atoms with Crippen LogP contribution in [0.2, 0.25) is 0 Å². The lowest BCUT2D eigenvalue weighted by Crippen LogP contribution is -2.23. The molecule has 1 heterocycles. The Morgan fingerprint density at radius 2 is 2.14 bits per heavy atom. The Hall–Kier alpha value is -1.22. The van der Waals surface area contributed by atoms with E-state index in [1.165, 1.54) is 0 Å². The van der Waals surface area contributed by atoms with Crippen molar-refractivity contribution in [2.24, 2.45) is 0 Å². The maximum absolute atomic E-state index is 10.7. The van der Waals surface area contributed by atoms with Crippen molar-refractivity contribution in [1.82, 2.24) is 9.88 Å². The van der Waals surface area contributed by atoms with E-state index >= 15 is 0 Å². The van der Waals surface area contributed by atoms with Gasteiger partial charge < -0.3 is 0 Å². The second kappa shape index (κ2) is 5.50. The van der Waals surface area contributed by atoms with Crippen LogP contribution in [0.1, 0.15) is 29.9 Å². The van der Waals surface area contributed by atoms with Crippen LogP contribution in [-0.4, -0.2) is 29.3 Å². The third-order valence-corrected chi connectivity index (χ3v) is 2.33. The Bertz CT molecular complexity index is 295. The fourth-order valence-electron chi connectivity index (χ4n) is 1.38. The number of aromatic nitrogens is 1. The van der Waals surface area contributed by atoms with E-state index in [0.29, 0.717) is 5.69 Å². The van der Waals surface area contributed by atoms with Gasteiger partial charge in [0.25, 0.3) is 0 Å². The van der Waals surface area contributed by atoms with Gasteiger partial charge in [-0.15, -0.1) is 0 Å². The predicted octanol–water partition coefficient (Wildman–Crippen LogP) is 1.74. The highest BCUT2D eigenvalue weighted by molar-refractivity contribution is 5.73. The minimum atomic E-state index is 0.555. The molecule has 76 valence electrons. The molecule has 0 aliphatic heterocycles. The summed E-state index contributed by atoms with van der Waals surface area (Å²) in [5.41, 5.74) is 1.56. The van der Waals surface area contributed by atoms with Gasteiger partial charge in [-0.05, 0) is 24.7 Å². The van der Waals surface area contributed by atoms with Crippen LogP contribution in [0.5, 0.6) is 0 Å². The van der Waals surface area contributed by atoms with Crippen LogP contribution >= 0.6 is 0 Å². The van der Waals surface area contributed by atoms with E-state index in [4.69, 9.17) is 0 Å². The van der Waals surface area contributed by atoms with E-state index in [1.807, 2.05) is 12.1 Å². The molecule has 3 heteroatoms. The van der Waals surface area contributed by atoms with Gasteiger partial charge in [0.1, 0.15) is 5.69 Å². The largest absolute Gasteiger partial charge is 0.300 e. The summed E-state index contributed by atoms with van der Waals surface area (Å²) in [7, 11) is 0. The SMILES string of the molecule is CCN(CC)Cc1cccnc1C=O. The highest BCUT2D eigenvalue weighted by Crippen LogP contribution is 2.06. The van der Waals surface area contributed by atoms with Crippen molar-refractivity contribution in [2.75, 3.05) is 13.1 Å². The minimum absolute atomic E-state index is 0.555. The molecule has 14 heavy (non-hydrogen) atoms. The van der Waals surface area contributed by atoms with Crippen molar-refractivity contribution in [2.45, 2.75) is 20.4 Å². The van der Waals surface area contributed by atoms with E-state index in [9.17, 15) is 4.79 Å². The topological polar surface area (TPSA) is 33.2 Å². The maximum Gasteiger partial charge on any atom is 0.168 e. The average Bonchev–Trinajstić information content (AvgIpc) is 2.26. The van der Waals surface area contributed by atoms with Crippen LogP contribution in [0, 0.1) is 0 Å². The summed E-state index contributed by atoms with van der Waals surface area (Å²) >= 11 is 0. The van der Waals surface area contributed by atoms with Gasteiger partial charge in [-0.25, -0.2) is 0 Å². The molecule has 0 atom stereocenters. The van der Waals surface area contributed by atoms with Gasteiger partial charge in [-0.3, -0.25) is 14.7 Å². The van der Waals surface area contributed by atoms with Crippen LogP contribution in [-0.2, 0) is 6.54 Å². The number of nitrogens with zero attached hydrogens (tertiary/aromatic N) is 2. The first-order valence-corrected chi connectivity index (χ1v) is 4.93. The molecule has 0 saturated carbocycles. The lowest BCUT2D eigenvalue weighted by Gasteiger charge is -2.18. The Balaban J connectivity index is 2.79. The summed E-state index contributed by atoms with van der Waals surface area (Å²) in [4.78, 5) is 17.0. The standard InChI is InChI=1S/C11H16N2O/c1-3-13(4-2)8-10-6-5-7-12-11(10)9-14/h5-7,9H,3-4,8H2,1-2H3. The van der Waals surface area contributed by atoms with Crippen molar-refractivity contribution in [3.8, 4) is 0 Å². The molecule has 3 nitrogen and oxygen atoms in total. The monoisotopic (exact) mass is 192 g/mol. The van der Waals surface area contributed by atoms with E-state index in [2.05, 4.69) is 23.7 Å². The van der Waals surface area contributed by atoms with Crippen molar-refractivity contribution in [3.63, 3.8) is 0 Å². The number of hydrogen-bond acceptors (Lipinski definition) is 3. The number of hydrogen-bond donors (Lipinski definition) is 0. The quantitative estimate of drug-likeness (QED) is 0.666. The Kier molecular flexibility index (Phi) is 4.26. The highest BCUT2D eigenvalue weighted by atomic mass is 16.1. The first-order valence-electron chi connectivity index (χ1n) is 4.93. The second-order valence-electron chi connectivity index (χ2n) is 3.13. The lowest BCUT2D eigenvalue weighted by molar-refractivity contribution is 0.111. The third-order valence-electron chi connectivity index (χ3n) is 2.33. The number of carbonyl (C=O) groups is 1. The van der Waals surface area contributed by atoms with Crippen molar-refractivity contribution in [3.05, 3.63) is 29.6 Å². The molecular formula is C11H16N2O. The summed E-state index contributed by atoms with van der Waals surface area (Å²) in [6, 6.07) is 3.82. The van der Waals surface area contributed by atoms with E-state index in [0.717, 1.165) is 31.5 Å². The first-order chi connectivity index (χ1) is 6.81. The molecule has 0 aliphatic rings. The lowest BCUT2D eigenvalue weighted by atomic mass is 10.2. The maximum atomic E-state index is 10.7. The summed E-state index contributed by atoms with van der Waals surface area (Å²) in [6.45, 7) is 7.00. The zero-order valence-corrected chi connectivity index (χ0v) is 8.73. The molecule has 0 bridgehead atoms. The van der Waals surface area contributed by atoms with Crippen molar-refractivity contribution < 1.29 is 4.79 Å². The molecule has 0 amide bonds. The van der Waals surface area contributed by atoms with E-state index < -0.39 is 0 Å². The van der Waals surface area contributed by atoms with Gasteiger partial charge >= 0.3 is 0 Å². The summed E-state index contributed by atoms with van der Waals surface area (Å²) in [6.07, 6.45) is 2.47. The number of rotatable bonds is 5. The number of pyridine rings is 1. The van der Waals surface area contributed by atoms with E-state index in [1.54, 1.807) is 6.20 Å². The fraction of sp³-hybridized carbons (Fsp3) is 0.455. The summed E-state index contributed by atoms with van der Waals surface area (Å²) in [5, 5.41) is 0. The fourth-order valence-corrected chi connectivity index (χ4v) is 1.38. The molecule has 0 unspecified atom stereocenters. The average molecular weight is 192 g/mol. The molecule has 1 rings (SSSR count).